The fourth-order valence-electron chi connectivity index (χ4n) is 3.10. The van der Waals surface area contributed by atoms with E-state index in [0.717, 1.165) is 0 Å². The molecule has 1 aliphatic rings. The first kappa shape index (κ1) is 19.1. The average molecular weight is 391 g/mol. The number of aryl methyl sites for hydroxylation is 1. The SMILES string of the molecule is Cc1nn(-c2ccc(F)cc2)c(Cl)c1C=CC(=O)N1CCC(C(N)=O)CC1. The number of aromatic nitrogens is 2. The fraction of sp³-hybridized carbons (Fsp3) is 0.316. The number of nitrogens with two attached hydrogens (primary N) is 1. The summed E-state index contributed by atoms with van der Waals surface area (Å²) in [5.41, 5.74) is 7.22. The molecule has 1 aromatic heterocycles. The minimum atomic E-state index is -0.343. The quantitative estimate of drug-likeness (QED) is 0.815. The Balaban J connectivity index is 1.73. The molecule has 0 unspecified atom stereocenters. The molecule has 142 valence electrons. The van der Waals surface area contributed by atoms with Crippen LogP contribution in [-0.2, 0) is 9.59 Å². The van der Waals surface area contributed by atoms with E-state index < -0.39 is 0 Å². The van der Waals surface area contributed by atoms with Crippen LogP contribution in [0.15, 0.2) is 30.3 Å². The summed E-state index contributed by atoms with van der Waals surface area (Å²) >= 11 is 6.41. The van der Waals surface area contributed by atoms with E-state index in [4.69, 9.17) is 17.3 Å². The molecule has 1 saturated heterocycles. The van der Waals surface area contributed by atoms with Crippen molar-refractivity contribution < 1.29 is 14.0 Å². The summed E-state index contributed by atoms with van der Waals surface area (Å²) in [6.07, 6.45) is 4.25. The summed E-state index contributed by atoms with van der Waals surface area (Å²) in [5, 5.41) is 4.71. The highest BCUT2D eigenvalue weighted by molar-refractivity contribution is 6.31. The molecule has 2 heterocycles. The van der Waals surface area contributed by atoms with Gasteiger partial charge in [-0.1, -0.05) is 11.6 Å². The van der Waals surface area contributed by atoms with E-state index in [0.29, 0.717) is 48.0 Å². The van der Waals surface area contributed by atoms with Gasteiger partial charge in [0.05, 0.1) is 11.4 Å². The van der Waals surface area contributed by atoms with Crippen molar-refractivity contribution in [2.45, 2.75) is 19.8 Å². The first-order chi connectivity index (χ1) is 12.9. The number of primary amides is 1. The Morgan fingerprint density at radius 2 is 1.89 bits per heavy atom. The summed E-state index contributed by atoms with van der Waals surface area (Å²) in [6, 6.07) is 5.82. The second kappa shape index (κ2) is 7.92. The van der Waals surface area contributed by atoms with Crippen LogP contribution in [0.2, 0.25) is 5.15 Å². The highest BCUT2D eigenvalue weighted by Crippen LogP contribution is 2.25. The summed E-state index contributed by atoms with van der Waals surface area (Å²) in [7, 11) is 0. The summed E-state index contributed by atoms with van der Waals surface area (Å²) in [5.74, 6) is -0.968. The Bertz CT molecular complexity index is 884. The Labute approximate surface area is 161 Å². The Morgan fingerprint density at radius 3 is 2.48 bits per heavy atom. The number of halogens is 2. The van der Waals surface area contributed by atoms with Gasteiger partial charge in [-0.15, -0.1) is 0 Å². The molecular weight excluding hydrogens is 371 g/mol. The second-order valence-electron chi connectivity index (χ2n) is 6.51. The lowest BCUT2D eigenvalue weighted by Crippen LogP contribution is -2.41. The third-order valence-corrected chi connectivity index (χ3v) is 5.08. The van der Waals surface area contributed by atoms with Crippen molar-refractivity contribution in [2.24, 2.45) is 11.7 Å². The highest BCUT2D eigenvalue weighted by Gasteiger charge is 2.25. The Kier molecular flexibility index (Phi) is 5.60. The zero-order valence-electron chi connectivity index (χ0n) is 14.9. The van der Waals surface area contributed by atoms with Gasteiger partial charge < -0.3 is 10.6 Å². The number of likely N-dealkylation sites (tertiary alicyclic amines) is 1. The Hall–Kier alpha value is -2.67. The molecule has 2 amide bonds. The smallest absolute Gasteiger partial charge is 0.246 e. The van der Waals surface area contributed by atoms with Crippen LogP contribution in [0.4, 0.5) is 4.39 Å². The van der Waals surface area contributed by atoms with Gasteiger partial charge in [-0.2, -0.15) is 5.10 Å². The molecule has 3 rings (SSSR count). The monoisotopic (exact) mass is 390 g/mol. The van der Waals surface area contributed by atoms with E-state index in [1.165, 1.54) is 22.9 Å². The van der Waals surface area contributed by atoms with E-state index in [-0.39, 0.29) is 23.5 Å². The maximum absolute atomic E-state index is 13.1. The minimum Gasteiger partial charge on any atom is -0.369 e. The van der Waals surface area contributed by atoms with E-state index in [1.807, 2.05) is 0 Å². The predicted octanol–water partition coefficient (Wildman–Crippen LogP) is 2.71. The van der Waals surface area contributed by atoms with Crippen molar-refractivity contribution >= 4 is 29.5 Å². The van der Waals surface area contributed by atoms with Crippen molar-refractivity contribution in [1.82, 2.24) is 14.7 Å². The summed E-state index contributed by atoms with van der Waals surface area (Å²) < 4.78 is 14.6. The van der Waals surface area contributed by atoms with Gasteiger partial charge >= 0.3 is 0 Å². The number of nitrogens with zero attached hydrogens (tertiary/aromatic N) is 3. The van der Waals surface area contributed by atoms with Crippen LogP contribution in [-0.4, -0.2) is 39.6 Å². The second-order valence-corrected chi connectivity index (χ2v) is 6.87. The van der Waals surface area contributed by atoms with Gasteiger partial charge in [0.1, 0.15) is 11.0 Å². The molecular formula is C19H20ClFN4O2. The lowest BCUT2D eigenvalue weighted by atomic mass is 9.96. The van der Waals surface area contributed by atoms with Gasteiger partial charge in [-0.05, 0) is 50.1 Å². The number of benzene rings is 1. The van der Waals surface area contributed by atoms with Gasteiger partial charge in [0.2, 0.25) is 11.8 Å². The molecule has 8 heteroatoms. The molecule has 6 nitrogen and oxygen atoms in total. The third-order valence-electron chi connectivity index (χ3n) is 4.72. The zero-order chi connectivity index (χ0) is 19.6. The molecule has 0 saturated carbocycles. The molecule has 27 heavy (non-hydrogen) atoms. The van der Waals surface area contributed by atoms with Gasteiger partial charge in [0.25, 0.3) is 0 Å². The van der Waals surface area contributed by atoms with Crippen LogP contribution in [0, 0.1) is 18.7 Å². The number of rotatable bonds is 4. The normalized spacial score (nSPS) is 15.4. The van der Waals surface area contributed by atoms with Gasteiger partial charge in [0, 0.05) is 30.6 Å². The van der Waals surface area contributed by atoms with Gasteiger partial charge in [-0.3, -0.25) is 9.59 Å². The molecule has 1 aliphatic heterocycles. The molecule has 0 spiro atoms. The highest BCUT2D eigenvalue weighted by atomic mass is 35.5. The predicted molar refractivity (Wildman–Crippen MR) is 101 cm³/mol. The molecule has 2 aromatic rings. The van der Waals surface area contributed by atoms with Crippen molar-refractivity contribution in [2.75, 3.05) is 13.1 Å². The standard InChI is InChI=1S/C19H20ClFN4O2/c1-12-16(18(20)25(23-12)15-4-2-14(21)3-5-15)6-7-17(26)24-10-8-13(9-11-24)19(22)27/h2-7,13H,8-11H2,1H3,(H2,22,27). The van der Waals surface area contributed by atoms with Crippen LogP contribution in [0.3, 0.4) is 0 Å². The number of carbonyl (C=O) groups excluding carboxylic acids is 2. The number of hydrogen-bond donors (Lipinski definition) is 1. The maximum Gasteiger partial charge on any atom is 0.246 e. The van der Waals surface area contributed by atoms with Crippen LogP contribution < -0.4 is 5.73 Å². The number of carbonyl (C=O) groups is 2. The van der Waals surface area contributed by atoms with Crippen molar-refractivity contribution in [3.8, 4) is 5.69 Å². The number of hydrogen-bond acceptors (Lipinski definition) is 3. The third kappa shape index (κ3) is 4.19. The molecule has 1 fully saturated rings. The largest absolute Gasteiger partial charge is 0.369 e. The van der Waals surface area contributed by atoms with Crippen LogP contribution in [0.5, 0.6) is 0 Å². The van der Waals surface area contributed by atoms with Gasteiger partial charge in [0.15, 0.2) is 0 Å². The molecule has 0 atom stereocenters. The zero-order valence-corrected chi connectivity index (χ0v) is 15.6. The lowest BCUT2D eigenvalue weighted by Gasteiger charge is -2.29. The number of amides is 2. The van der Waals surface area contributed by atoms with Crippen molar-refractivity contribution in [3.63, 3.8) is 0 Å². The number of piperidine rings is 1. The van der Waals surface area contributed by atoms with Crippen molar-refractivity contribution in [1.29, 1.82) is 0 Å². The summed E-state index contributed by atoms with van der Waals surface area (Å²) in [4.78, 5) is 25.3. The average Bonchev–Trinajstić information content (AvgIpc) is 2.94. The van der Waals surface area contributed by atoms with E-state index >= 15 is 0 Å². The molecule has 2 N–H and O–H groups in total. The molecule has 0 radical (unpaired) electrons. The lowest BCUT2D eigenvalue weighted by molar-refractivity contribution is -0.130. The first-order valence-corrected chi connectivity index (χ1v) is 9.02. The van der Waals surface area contributed by atoms with E-state index in [2.05, 4.69) is 5.10 Å². The minimum absolute atomic E-state index is 0.150. The maximum atomic E-state index is 13.1. The van der Waals surface area contributed by atoms with Gasteiger partial charge in [-0.25, -0.2) is 9.07 Å². The van der Waals surface area contributed by atoms with Crippen LogP contribution in [0.1, 0.15) is 24.1 Å². The fourth-order valence-corrected chi connectivity index (χ4v) is 3.43. The first-order valence-electron chi connectivity index (χ1n) is 8.64. The van der Waals surface area contributed by atoms with E-state index in [1.54, 1.807) is 30.0 Å². The topological polar surface area (TPSA) is 81.2 Å². The molecule has 0 aliphatic carbocycles. The summed E-state index contributed by atoms with van der Waals surface area (Å²) in [6.45, 7) is 2.78. The molecule has 1 aromatic carbocycles. The van der Waals surface area contributed by atoms with Crippen LogP contribution in [0.25, 0.3) is 11.8 Å². The Morgan fingerprint density at radius 1 is 1.26 bits per heavy atom. The van der Waals surface area contributed by atoms with E-state index in [9.17, 15) is 14.0 Å². The molecule has 0 bridgehead atoms. The van der Waals surface area contributed by atoms with Crippen LogP contribution >= 0.6 is 11.6 Å². The van der Waals surface area contributed by atoms with Crippen molar-refractivity contribution in [3.05, 3.63) is 52.6 Å².